The second kappa shape index (κ2) is 7.02. The Bertz CT molecular complexity index is 247. The Morgan fingerprint density at radius 3 is 3.00 bits per heavy atom. The van der Waals surface area contributed by atoms with E-state index in [1.165, 1.54) is 19.3 Å². The molecule has 0 aromatic rings. The Morgan fingerprint density at radius 2 is 2.35 bits per heavy atom. The van der Waals surface area contributed by atoms with Crippen molar-refractivity contribution >= 4 is 0 Å². The van der Waals surface area contributed by atoms with Crippen LogP contribution in [0.15, 0.2) is 11.8 Å². The Balaban J connectivity index is 1.76. The Kier molecular flexibility index (Phi) is 5.33. The highest BCUT2D eigenvalue weighted by atomic mass is 16.5. The van der Waals surface area contributed by atoms with Crippen LogP contribution in [-0.2, 0) is 9.47 Å². The van der Waals surface area contributed by atoms with Crippen molar-refractivity contribution in [2.45, 2.75) is 57.6 Å². The van der Waals surface area contributed by atoms with Crippen LogP contribution in [0.4, 0.5) is 0 Å². The van der Waals surface area contributed by atoms with Gasteiger partial charge in [-0.25, -0.2) is 0 Å². The SMILES string of the molecule is CCNC(CCC1CCCCO1)C1=CCCO1. The summed E-state index contributed by atoms with van der Waals surface area (Å²) < 4.78 is 11.4. The summed E-state index contributed by atoms with van der Waals surface area (Å²) in [5.74, 6) is 1.16. The third-order valence-corrected chi connectivity index (χ3v) is 3.58. The predicted molar refractivity (Wildman–Crippen MR) is 68.9 cm³/mol. The van der Waals surface area contributed by atoms with Crippen molar-refractivity contribution in [3.63, 3.8) is 0 Å². The predicted octanol–water partition coefficient (Wildman–Crippen LogP) is 2.62. The maximum atomic E-state index is 5.78. The maximum absolute atomic E-state index is 5.78. The zero-order valence-electron chi connectivity index (χ0n) is 10.9. The summed E-state index contributed by atoms with van der Waals surface area (Å²) in [7, 11) is 0. The number of ether oxygens (including phenoxy) is 2. The average molecular weight is 239 g/mol. The summed E-state index contributed by atoms with van der Waals surface area (Å²) in [5.41, 5.74) is 0. The highest BCUT2D eigenvalue weighted by Gasteiger charge is 2.21. The molecule has 1 N–H and O–H groups in total. The van der Waals surface area contributed by atoms with Crippen molar-refractivity contribution in [2.75, 3.05) is 19.8 Å². The molecule has 3 heteroatoms. The van der Waals surface area contributed by atoms with Gasteiger partial charge in [-0.15, -0.1) is 0 Å². The van der Waals surface area contributed by atoms with Crippen molar-refractivity contribution in [3.05, 3.63) is 11.8 Å². The molecule has 0 radical (unpaired) electrons. The summed E-state index contributed by atoms with van der Waals surface area (Å²) >= 11 is 0. The van der Waals surface area contributed by atoms with Gasteiger partial charge < -0.3 is 14.8 Å². The molecule has 0 aliphatic carbocycles. The van der Waals surface area contributed by atoms with E-state index in [1.54, 1.807) is 0 Å². The quantitative estimate of drug-likeness (QED) is 0.773. The molecular weight excluding hydrogens is 214 g/mol. The van der Waals surface area contributed by atoms with E-state index in [-0.39, 0.29) is 0 Å². The molecule has 0 aromatic heterocycles. The molecule has 3 nitrogen and oxygen atoms in total. The van der Waals surface area contributed by atoms with Crippen LogP contribution in [0.1, 0.15) is 45.4 Å². The summed E-state index contributed by atoms with van der Waals surface area (Å²) in [5, 5.41) is 3.52. The fraction of sp³-hybridized carbons (Fsp3) is 0.857. The minimum atomic E-state index is 0.396. The Labute approximate surface area is 105 Å². The first-order valence-electron chi connectivity index (χ1n) is 7.08. The normalized spacial score (nSPS) is 26.4. The monoisotopic (exact) mass is 239 g/mol. The molecule has 2 rings (SSSR count). The third-order valence-electron chi connectivity index (χ3n) is 3.58. The van der Waals surface area contributed by atoms with Gasteiger partial charge in [0.2, 0.25) is 0 Å². The smallest absolute Gasteiger partial charge is 0.109 e. The van der Waals surface area contributed by atoms with Gasteiger partial charge in [0.1, 0.15) is 5.76 Å². The van der Waals surface area contributed by atoms with E-state index in [0.717, 1.165) is 44.8 Å². The summed E-state index contributed by atoms with van der Waals surface area (Å²) in [6.07, 6.45) is 9.86. The van der Waals surface area contributed by atoms with Crippen LogP contribution >= 0.6 is 0 Å². The van der Waals surface area contributed by atoms with Gasteiger partial charge >= 0.3 is 0 Å². The standard InChI is InChI=1S/C14H25NO2/c1-2-15-13(14-7-5-11-17-14)9-8-12-6-3-4-10-16-12/h7,12-13,15H,2-6,8-11H2,1H3. The fourth-order valence-corrected chi connectivity index (χ4v) is 2.66. The molecular formula is C14H25NO2. The van der Waals surface area contributed by atoms with Gasteiger partial charge in [0.25, 0.3) is 0 Å². The molecule has 2 aliphatic heterocycles. The Morgan fingerprint density at radius 1 is 1.41 bits per heavy atom. The lowest BCUT2D eigenvalue weighted by Crippen LogP contribution is -2.32. The first kappa shape index (κ1) is 12.9. The second-order valence-corrected chi connectivity index (χ2v) is 4.92. The number of nitrogens with one attached hydrogen (secondary N) is 1. The molecule has 2 unspecified atom stereocenters. The van der Waals surface area contributed by atoms with Gasteiger partial charge in [-0.3, -0.25) is 0 Å². The average Bonchev–Trinajstić information content (AvgIpc) is 2.89. The zero-order valence-corrected chi connectivity index (χ0v) is 10.9. The molecule has 98 valence electrons. The maximum Gasteiger partial charge on any atom is 0.109 e. The lowest BCUT2D eigenvalue weighted by Gasteiger charge is -2.25. The van der Waals surface area contributed by atoms with E-state index in [2.05, 4.69) is 18.3 Å². The van der Waals surface area contributed by atoms with E-state index in [9.17, 15) is 0 Å². The van der Waals surface area contributed by atoms with Crippen molar-refractivity contribution in [1.82, 2.24) is 5.32 Å². The van der Waals surface area contributed by atoms with Gasteiger partial charge in [0.15, 0.2) is 0 Å². The molecule has 2 aliphatic rings. The van der Waals surface area contributed by atoms with Crippen LogP contribution in [0.5, 0.6) is 0 Å². The number of hydrogen-bond acceptors (Lipinski definition) is 3. The minimum absolute atomic E-state index is 0.396. The van der Waals surface area contributed by atoms with Crippen LogP contribution in [0, 0.1) is 0 Å². The zero-order chi connectivity index (χ0) is 11.9. The molecule has 0 aromatic carbocycles. The van der Waals surface area contributed by atoms with Crippen LogP contribution in [0.3, 0.4) is 0 Å². The van der Waals surface area contributed by atoms with E-state index < -0.39 is 0 Å². The first-order valence-corrected chi connectivity index (χ1v) is 7.08. The highest BCUT2D eigenvalue weighted by Crippen LogP contribution is 2.22. The molecule has 0 amide bonds. The van der Waals surface area contributed by atoms with Crippen molar-refractivity contribution in [2.24, 2.45) is 0 Å². The summed E-state index contributed by atoms with van der Waals surface area (Å²) in [4.78, 5) is 0. The van der Waals surface area contributed by atoms with E-state index in [0.29, 0.717) is 12.1 Å². The highest BCUT2D eigenvalue weighted by molar-refractivity contribution is 5.07. The summed E-state index contributed by atoms with van der Waals surface area (Å²) in [6.45, 7) is 4.96. The van der Waals surface area contributed by atoms with Gasteiger partial charge in [0.05, 0.1) is 18.8 Å². The topological polar surface area (TPSA) is 30.5 Å². The van der Waals surface area contributed by atoms with Crippen LogP contribution in [0.25, 0.3) is 0 Å². The minimum Gasteiger partial charge on any atom is -0.496 e. The summed E-state index contributed by atoms with van der Waals surface area (Å²) in [6, 6.07) is 0.396. The van der Waals surface area contributed by atoms with Gasteiger partial charge in [-0.1, -0.05) is 6.92 Å². The molecule has 1 saturated heterocycles. The molecule has 0 bridgehead atoms. The van der Waals surface area contributed by atoms with E-state index in [1.807, 2.05) is 0 Å². The van der Waals surface area contributed by atoms with Crippen molar-refractivity contribution < 1.29 is 9.47 Å². The van der Waals surface area contributed by atoms with Crippen LogP contribution in [0.2, 0.25) is 0 Å². The fourth-order valence-electron chi connectivity index (χ4n) is 2.66. The van der Waals surface area contributed by atoms with Gasteiger partial charge in [-0.05, 0) is 44.7 Å². The van der Waals surface area contributed by atoms with Gasteiger partial charge in [0, 0.05) is 13.0 Å². The third kappa shape index (κ3) is 4.00. The second-order valence-electron chi connectivity index (χ2n) is 4.92. The molecule has 0 saturated carbocycles. The molecule has 1 fully saturated rings. The molecule has 2 heterocycles. The van der Waals surface area contributed by atoms with Crippen molar-refractivity contribution in [1.29, 1.82) is 0 Å². The van der Waals surface area contributed by atoms with Crippen LogP contribution < -0.4 is 5.32 Å². The number of rotatable bonds is 6. The molecule has 0 spiro atoms. The molecule has 2 atom stereocenters. The first-order chi connectivity index (χ1) is 8.40. The largest absolute Gasteiger partial charge is 0.496 e. The lowest BCUT2D eigenvalue weighted by molar-refractivity contribution is 0.00833. The van der Waals surface area contributed by atoms with Crippen molar-refractivity contribution in [3.8, 4) is 0 Å². The molecule has 17 heavy (non-hydrogen) atoms. The van der Waals surface area contributed by atoms with E-state index >= 15 is 0 Å². The Hall–Kier alpha value is -0.540. The van der Waals surface area contributed by atoms with Crippen LogP contribution in [-0.4, -0.2) is 31.9 Å². The number of hydrogen-bond donors (Lipinski definition) is 1. The lowest BCUT2D eigenvalue weighted by atomic mass is 10.0. The number of likely N-dealkylation sites (N-methyl/N-ethyl adjacent to an activating group) is 1. The van der Waals surface area contributed by atoms with Gasteiger partial charge in [-0.2, -0.15) is 0 Å². The van der Waals surface area contributed by atoms with E-state index in [4.69, 9.17) is 9.47 Å².